The summed E-state index contributed by atoms with van der Waals surface area (Å²) in [5.41, 5.74) is -0.626. The summed E-state index contributed by atoms with van der Waals surface area (Å²) < 4.78 is 9.83. The molecule has 0 aromatic rings. The highest BCUT2D eigenvalue weighted by molar-refractivity contribution is 5.75. The van der Waals surface area contributed by atoms with E-state index in [2.05, 4.69) is 4.74 Å². The van der Waals surface area contributed by atoms with Crippen LogP contribution >= 0.6 is 0 Å². The van der Waals surface area contributed by atoms with E-state index < -0.39 is 29.6 Å². The van der Waals surface area contributed by atoms with Gasteiger partial charge in [-0.1, -0.05) is 0 Å². The van der Waals surface area contributed by atoms with Crippen molar-refractivity contribution in [2.75, 3.05) is 20.2 Å². The van der Waals surface area contributed by atoms with E-state index in [-0.39, 0.29) is 18.9 Å². The van der Waals surface area contributed by atoms with E-state index in [1.165, 1.54) is 12.0 Å². The minimum Gasteiger partial charge on any atom is -0.481 e. The van der Waals surface area contributed by atoms with E-state index >= 15 is 0 Å². The topological polar surface area (TPSA) is 93.1 Å². The lowest BCUT2D eigenvalue weighted by atomic mass is 9.83. The highest BCUT2D eigenvalue weighted by Gasteiger charge is 2.38. The van der Waals surface area contributed by atoms with Crippen molar-refractivity contribution >= 4 is 18.0 Å². The van der Waals surface area contributed by atoms with Crippen LogP contribution in [-0.2, 0) is 19.1 Å². The van der Waals surface area contributed by atoms with Gasteiger partial charge < -0.3 is 19.5 Å². The van der Waals surface area contributed by atoms with E-state index in [1.54, 1.807) is 20.8 Å². The van der Waals surface area contributed by atoms with E-state index in [0.717, 1.165) is 0 Å². The zero-order valence-electron chi connectivity index (χ0n) is 12.9. The summed E-state index contributed by atoms with van der Waals surface area (Å²) in [6, 6.07) is 0. The highest BCUT2D eigenvalue weighted by Crippen LogP contribution is 2.28. The third-order valence-corrected chi connectivity index (χ3v) is 3.38. The number of carboxylic acids is 1. The van der Waals surface area contributed by atoms with Crippen LogP contribution in [-0.4, -0.2) is 53.8 Å². The molecule has 0 bridgehead atoms. The van der Waals surface area contributed by atoms with Crippen LogP contribution in [0.15, 0.2) is 0 Å². The molecule has 0 radical (unpaired) electrons. The quantitative estimate of drug-likeness (QED) is 0.794. The molecule has 1 amide bonds. The molecular formula is C14H23NO6. The number of rotatable bonds is 3. The third kappa shape index (κ3) is 5.24. The number of amides is 1. The van der Waals surface area contributed by atoms with Gasteiger partial charge in [0.15, 0.2) is 0 Å². The van der Waals surface area contributed by atoms with Crippen molar-refractivity contribution in [3.05, 3.63) is 0 Å². The summed E-state index contributed by atoms with van der Waals surface area (Å²) >= 11 is 0. The fourth-order valence-corrected chi connectivity index (χ4v) is 2.31. The number of ether oxygens (including phenoxy) is 2. The number of carbonyl (C=O) groups is 3. The first-order valence-electron chi connectivity index (χ1n) is 6.91. The van der Waals surface area contributed by atoms with E-state index in [0.29, 0.717) is 13.0 Å². The number of nitrogens with zero attached hydrogens (tertiary/aromatic N) is 1. The number of hydrogen-bond donors (Lipinski definition) is 1. The van der Waals surface area contributed by atoms with Crippen LogP contribution in [0.3, 0.4) is 0 Å². The van der Waals surface area contributed by atoms with Crippen molar-refractivity contribution in [3.63, 3.8) is 0 Å². The summed E-state index contributed by atoms with van der Waals surface area (Å²) in [7, 11) is 1.27. The van der Waals surface area contributed by atoms with Crippen molar-refractivity contribution in [1.82, 2.24) is 4.90 Å². The average molecular weight is 301 g/mol. The van der Waals surface area contributed by atoms with Gasteiger partial charge in [-0.05, 0) is 33.1 Å². The van der Waals surface area contributed by atoms with Crippen LogP contribution in [0.2, 0.25) is 0 Å². The van der Waals surface area contributed by atoms with E-state index in [1.807, 2.05) is 0 Å². The maximum atomic E-state index is 12.0. The van der Waals surface area contributed by atoms with Gasteiger partial charge in [-0.25, -0.2) is 4.79 Å². The molecule has 1 heterocycles. The SMILES string of the molecule is COC(=O)C[C@H]1CCN(C(=O)OC(C)(C)C)C[C@H]1C(=O)O. The van der Waals surface area contributed by atoms with Crippen LogP contribution < -0.4 is 0 Å². The minimum absolute atomic E-state index is 0.0475. The molecule has 0 aliphatic carbocycles. The molecular weight excluding hydrogens is 278 g/mol. The lowest BCUT2D eigenvalue weighted by Crippen LogP contribution is -2.48. The largest absolute Gasteiger partial charge is 0.481 e. The first-order valence-corrected chi connectivity index (χ1v) is 6.91. The highest BCUT2D eigenvalue weighted by atomic mass is 16.6. The molecule has 0 saturated carbocycles. The standard InChI is InChI=1S/C14H23NO6/c1-14(2,3)21-13(19)15-6-5-9(7-11(16)20-4)10(8-15)12(17)18/h9-10H,5-8H2,1-4H3,(H,17,18)/t9-,10-/m1/s1. The van der Waals surface area contributed by atoms with Crippen molar-refractivity contribution in [2.24, 2.45) is 11.8 Å². The fourth-order valence-electron chi connectivity index (χ4n) is 2.31. The summed E-state index contributed by atoms with van der Waals surface area (Å²) in [6.07, 6.45) is -0.0359. The fraction of sp³-hybridized carbons (Fsp3) is 0.786. The Morgan fingerprint density at radius 3 is 2.38 bits per heavy atom. The first kappa shape index (κ1) is 17.3. The first-order chi connectivity index (χ1) is 9.64. The Labute approximate surface area is 124 Å². The van der Waals surface area contributed by atoms with E-state index in [9.17, 15) is 19.5 Å². The Morgan fingerprint density at radius 2 is 1.90 bits per heavy atom. The van der Waals surface area contributed by atoms with Gasteiger partial charge in [0, 0.05) is 19.5 Å². The minimum atomic E-state index is -1.02. The Bertz CT molecular complexity index is 414. The number of esters is 1. The van der Waals surface area contributed by atoms with Crippen molar-refractivity contribution in [1.29, 1.82) is 0 Å². The van der Waals surface area contributed by atoms with Crippen molar-refractivity contribution < 1.29 is 29.0 Å². The molecule has 0 spiro atoms. The number of hydrogen-bond acceptors (Lipinski definition) is 5. The van der Waals surface area contributed by atoms with Crippen molar-refractivity contribution in [3.8, 4) is 0 Å². The molecule has 7 nitrogen and oxygen atoms in total. The summed E-state index contributed by atoms with van der Waals surface area (Å²) in [5.74, 6) is -2.56. The van der Waals surface area contributed by atoms with Gasteiger partial charge in [-0.15, -0.1) is 0 Å². The molecule has 1 aliphatic rings. The molecule has 21 heavy (non-hydrogen) atoms. The second-order valence-electron chi connectivity index (χ2n) is 6.20. The number of carbonyl (C=O) groups excluding carboxylic acids is 2. The number of likely N-dealkylation sites (tertiary alicyclic amines) is 1. The number of carboxylic acid groups (broad SMARTS) is 1. The van der Waals surface area contributed by atoms with Crippen LogP contribution in [0.5, 0.6) is 0 Å². The molecule has 0 aromatic carbocycles. The Hall–Kier alpha value is -1.79. The van der Waals surface area contributed by atoms with Gasteiger partial charge in [-0.2, -0.15) is 0 Å². The number of methoxy groups -OCH3 is 1. The predicted molar refractivity (Wildman–Crippen MR) is 73.7 cm³/mol. The van der Waals surface area contributed by atoms with Crippen LogP contribution in [0, 0.1) is 11.8 Å². The van der Waals surface area contributed by atoms with Crippen LogP contribution in [0.1, 0.15) is 33.6 Å². The second-order valence-corrected chi connectivity index (χ2v) is 6.20. The van der Waals surface area contributed by atoms with Gasteiger partial charge in [0.05, 0.1) is 13.0 Å². The summed E-state index contributed by atoms with van der Waals surface area (Å²) in [4.78, 5) is 36.1. The average Bonchev–Trinajstić information content (AvgIpc) is 2.36. The lowest BCUT2D eigenvalue weighted by molar-refractivity contribution is -0.148. The molecule has 0 unspecified atom stereocenters. The van der Waals surface area contributed by atoms with Gasteiger partial charge >= 0.3 is 18.0 Å². The Kier molecular flexibility index (Phi) is 5.57. The Balaban J connectivity index is 2.71. The van der Waals surface area contributed by atoms with Crippen molar-refractivity contribution in [2.45, 2.75) is 39.2 Å². The zero-order chi connectivity index (χ0) is 16.2. The predicted octanol–water partition coefficient (Wildman–Crippen LogP) is 1.51. The normalized spacial score (nSPS) is 22.6. The Morgan fingerprint density at radius 1 is 1.29 bits per heavy atom. The molecule has 1 rings (SSSR count). The number of piperidine rings is 1. The van der Waals surface area contributed by atoms with Crippen LogP contribution in [0.25, 0.3) is 0 Å². The summed E-state index contributed by atoms with van der Waals surface area (Å²) in [6.45, 7) is 5.68. The molecule has 0 aromatic heterocycles. The number of aliphatic carboxylic acids is 1. The maximum Gasteiger partial charge on any atom is 0.410 e. The maximum absolute atomic E-state index is 12.0. The molecule has 2 atom stereocenters. The zero-order valence-corrected chi connectivity index (χ0v) is 12.9. The molecule has 120 valence electrons. The van der Waals surface area contributed by atoms with Gasteiger partial charge in [0.2, 0.25) is 0 Å². The molecule has 1 saturated heterocycles. The molecule has 1 aliphatic heterocycles. The molecule has 1 N–H and O–H groups in total. The monoisotopic (exact) mass is 301 g/mol. The van der Waals surface area contributed by atoms with Gasteiger partial charge in [0.1, 0.15) is 5.60 Å². The molecule has 1 fully saturated rings. The summed E-state index contributed by atoms with van der Waals surface area (Å²) in [5, 5.41) is 9.30. The second kappa shape index (κ2) is 6.78. The lowest BCUT2D eigenvalue weighted by Gasteiger charge is -2.36. The molecule has 7 heteroatoms. The van der Waals surface area contributed by atoms with Gasteiger partial charge in [0.25, 0.3) is 0 Å². The third-order valence-electron chi connectivity index (χ3n) is 3.38. The van der Waals surface area contributed by atoms with E-state index in [4.69, 9.17) is 4.74 Å². The smallest absolute Gasteiger partial charge is 0.410 e. The van der Waals surface area contributed by atoms with Crippen LogP contribution in [0.4, 0.5) is 4.79 Å². The van der Waals surface area contributed by atoms with Gasteiger partial charge in [-0.3, -0.25) is 9.59 Å².